The Morgan fingerprint density at radius 1 is 1.00 bits per heavy atom. The minimum atomic E-state index is 0. The second kappa shape index (κ2) is 4.74. The van der Waals surface area contributed by atoms with E-state index in [2.05, 4.69) is 20.8 Å². The normalized spacial score (nSPS) is 7.20. The molecule has 0 fully saturated rings. The van der Waals surface area contributed by atoms with E-state index in [1.807, 2.05) is 0 Å². The van der Waals surface area contributed by atoms with Crippen molar-refractivity contribution in [1.82, 2.24) is 0 Å². The molecule has 1 radical (unpaired) electrons. The van der Waals surface area contributed by atoms with Crippen LogP contribution in [0.15, 0.2) is 0 Å². The smallest absolute Gasteiger partial charge is 0 e. The fraction of sp³-hybridized carbons (Fsp3) is 1.00. The third-order valence-corrected chi connectivity index (χ3v) is 0. The first-order valence-electron chi connectivity index (χ1n) is 1.73. The molecule has 0 aliphatic carbocycles. The van der Waals surface area contributed by atoms with Gasteiger partial charge in [0.25, 0.3) is 0 Å². The molecule has 0 spiro atoms. The van der Waals surface area contributed by atoms with Gasteiger partial charge in [-0.3, -0.25) is 0 Å². The predicted octanol–water partition coefficient (Wildman–Crippen LogP) is 1.66. The molecule has 0 aliphatic heterocycles. The molecular weight excluding hydrogens is 156 g/mol. The van der Waals surface area contributed by atoms with E-state index in [4.69, 9.17) is 0 Å². The molecule has 0 amide bonds. The van der Waals surface area contributed by atoms with Gasteiger partial charge in [0.2, 0.25) is 0 Å². The van der Waals surface area contributed by atoms with E-state index in [0.29, 0.717) is 0 Å². The van der Waals surface area contributed by atoms with Crippen LogP contribution in [0.1, 0.15) is 20.8 Å². The Morgan fingerprint density at radius 2 is 1.00 bits per heavy atom. The quantitative estimate of drug-likeness (QED) is 0.480. The van der Waals surface area contributed by atoms with E-state index in [1.165, 1.54) is 0 Å². The molecule has 0 aromatic heterocycles. The van der Waals surface area contributed by atoms with Gasteiger partial charge in [-0.2, -0.15) is 0 Å². The Bertz CT molecular complexity index is 8.36. The van der Waals surface area contributed by atoms with Crippen LogP contribution in [-0.4, -0.2) is 0 Å². The molecule has 5 heavy (non-hydrogen) atoms. The zero-order chi connectivity index (χ0) is 3.58. The van der Waals surface area contributed by atoms with Crippen molar-refractivity contribution in [3.05, 3.63) is 0 Å². The molecule has 0 aliphatic rings. The second-order valence-corrected chi connectivity index (χ2v) is 1.73. The number of hydrogen-bond acceptors (Lipinski definition) is 0. The molecule has 0 aromatic carbocycles. The average Bonchev–Trinajstić information content (AvgIpc) is 0.811. The maximum absolute atomic E-state index is 2.17. The first-order chi connectivity index (χ1) is 1.73. The maximum Gasteiger partial charge on any atom is 0 e. The molecule has 0 rings (SSSR count). The first-order valence-corrected chi connectivity index (χ1v) is 1.73. The van der Waals surface area contributed by atoms with Crippen LogP contribution in [0, 0.1) is 5.92 Å². The summed E-state index contributed by atoms with van der Waals surface area (Å²) in [4.78, 5) is 0. The standard InChI is InChI=1S/C4H10.Ag/c1-4(2)3;/h4H,1-3H3;. The van der Waals surface area contributed by atoms with Gasteiger partial charge < -0.3 is 0 Å². The summed E-state index contributed by atoms with van der Waals surface area (Å²) in [5, 5.41) is 0. The van der Waals surface area contributed by atoms with Gasteiger partial charge in [0.1, 0.15) is 0 Å². The summed E-state index contributed by atoms with van der Waals surface area (Å²) in [5.74, 6) is 0.833. The van der Waals surface area contributed by atoms with Gasteiger partial charge in [0, 0.05) is 22.4 Å². The molecule has 0 bridgehead atoms. The first kappa shape index (κ1) is 9.22. The van der Waals surface area contributed by atoms with Gasteiger partial charge in [0.05, 0.1) is 0 Å². The number of hydrogen-bond donors (Lipinski definition) is 0. The van der Waals surface area contributed by atoms with Gasteiger partial charge in [-0.25, -0.2) is 0 Å². The van der Waals surface area contributed by atoms with Crippen molar-refractivity contribution in [1.29, 1.82) is 0 Å². The predicted molar refractivity (Wildman–Crippen MR) is 20.5 cm³/mol. The Kier molecular flexibility index (Phi) is 8.74. The topological polar surface area (TPSA) is 0 Å². The largest absolute Gasteiger partial charge is 0.0630 e. The van der Waals surface area contributed by atoms with Crippen molar-refractivity contribution in [2.24, 2.45) is 5.92 Å². The van der Waals surface area contributed by atoms with E-state index in [0.717, 1.165) is 5.92 Å². The van der Waals surface area contributed by atoms with E-state index >= 15 is 0 Å². The van der Waals surface area contributed by atoms with E-state index in [1.54, 1.807) is 0 Å². The molecule has 0 saturated carbocycles. The van der Waals surface area contributed by atoms with Crippen LogP contribution in [0.25, 0.3) is 0 Å². The molecular formula is C4H10Ag. The average molecular weight is 166 g/mol. The van der Waals surface area contributed by atoms with Crippen LogP contribution >= 0.6 is 0 Å². The molecule has 0 unspecified atom stereocenters. The van der Waals surface area contributed by atoms with Crippen LogP contribution in [0.2, 0.25) is 0 Å². The van der Waals surface area contributed by atoms with Crippen LogP contribution < -0.4 is 0 Å². The van der Waals surface area contributed by atoms with Crippen molar-refractivity contribution in [3.8, 4) is 0 Å². The maximum atomic E-state index is 2.17. The van der Waals surface area contributed by atoms with Gasteiger partial charge in [0.15, 0.2) is 0 Å². The van der Waals surface area contributed by atoms with Crippen molar-refractivity contribution in [3.63, 3.8) is 0 Å². The van der Waals surface area contributed by atoms with Crippen molar-refractivity contribution < 1.29 is 22.4 Å². The third-order valence-electron chi connectivity index (χ3n) is 0. The summed E-state index contributed by atoms with van der Waals surface area (Å²) >= 11 is 0. The van der Waals surface area contributed by atoms with E-state index < -0.39 is 0 Å². The molecule has 0 aromatic rings. The summed E-state index contributed by atoms with van der Waals surface area (Å²) in [6, 6.07) is 0. The van der Waals surface area contributed by atoms with Gasteiger partial charge in [-0.05, 0) is 5.92 Å². The van der Waals surface area contributed by atoms with Gasteiger partial charge in [-0.1, -0.05) is 20.8 Å². The van der Waals surface area contributed by atoms with Gasteiger partial charge >= 0.3 is 0 Å². The summed E-state index contributed by atoms with van der Waals surface area (Å²) in [7, 11) is 0. The summed E-state index contributed by atoms with van der Waals surface area (Å²) < 4.78 is 0. The zero-order valence-electron chi connectivity index (χ0n) is 3.88. The second-order valence-electron chi connectivity index (χ2n) is 1.73. The molecule has 0 atom stereocenters. The van der Waals surface area contributed by atoms with Crippen LogP contribution in [-0.2, 0) is 22.4 Å². The number of rotatable bonds is 0. The summed E-state index contributed by atoms with van der Waals surface area (Å²) in [6.07, 6.45) is 0. The minimum absolute atomic E-state index is 0. The summed E-state index contributed by atoms with van der Waals surface area (Å²) in [6.45, 7) is 6.50. The fourth-order valence-electron chi connectivity index (χ4n) is 0. The van der Waals surface area contributed by atoms with Crippen molar-refractivity contribution in [2.75, 3.05) is 0 Å². The molecule has 0 nitrogen and oxygen atoms in total. The van der Waals surface area contributed by atoms with Crippen molar-refractivity contribution >= 4 is 0 Å². The Hall–Kier alpha value is 0.740. The monoisotopic (exact) mass is 165 g/mol. The third kappa shape index (κ3) is 65.0. The van der Waals surface area contributed by atoms with Gasteiger partial charge in [-0.15, -0.1) is 0 Å². The summed E-state index contributed by atoms with van der Waals surface area (Å²) in [5.41, 5.74) is 0. The molecule has 0 saturated heterocycles. The molecule has 0 heterocycles. The van der Waals surface area contributed by atoms with E-state index in [9.17, 15) is 0 Å². The molecule has 1 heteroatoms. The Labute approximate surface area is 49.5 Å². The molecule has 0 N–H and O–H groups in total. The van der Waals surface area contributed by atoms with Crippen LogP contribution in [0.3, 0.4) is 0 Å². The molecule has 37 valence electrons. The Balaban J connectivity index is 0. The van der Waals surface area contributed by atoms with Crippen LogP contribution in [0.5, 0.6) is 0 Å². The Morgan fingerprint density at radius 3 is 1.00 bits per heavy atom. The van der Waals surface area contributed by atoms with Crippen molar-refractivity contribution in [2.45, 2.75) is 20.8 Å². The zero-order valence-corrected chi connectivity index (χ0v) is 5.36. The fourth-order valence-corrected chi connectivity index (χ4v) is 0. The van der Waals surface area contributed by atoms with E-state index in [-0.39, 0.29) is 22.4 Å². The SMILES string of the molecule is CC(C)C.[Ag]. The van der Waals surface area contributed by atoms with Crippen LogP contribution in [0.4, 0.5) is 0 Å². The minimum Gasteiger partial charge on any atom is -0.0630 e.